The smallest absolute Gasteiger partial charge is 0.231 e. The van der Waals surface area contributed by atoms with Crippen molar-refractivity contribution in [1.82, 2.24) is 9.97 Å². The van der Waals surface area contributed by atoms with Gasteiger partial charge in [0.05, 0.1) is 0 Å². The summed E-state index contributed by atoms with van der Waals surface area (Å²) in [6.45, 7) is 0.540. The highest BCUT2D eigenvalue weighted by Crippen LogP contribution is 2.42. The Bertz CT molecular complexity index is 1050. The number of ether oxygens (including phenoxy) is 4. The third-order valence-electron chi connectivity index (χ3n) is 4.21. The summed E-state index contributed by atoms with van der Waals surface area (Å²) in [4.78, 5) is 11.4. The van der Waals surface area contributed by atoms with E-state index >= 15 is 0 Å². The molecule has 2 aromatic carbocycles. The van der Waals surface area contributed by atoms with E-state index in [1.807, 2.05) is 36.4 Å². The fourth-order valence-corrected chi connectivity index (χ4v) is 4.98. The van der Waals surface area contributed by atoms with Crippen LogP contribution < -0.4 is 18.9 Å². The zero-order valence-corrected chi connectivity index (χ0v) is 14.9. The summed E-state index contributed by atoms with van der Waals surface area (Å²) in [5.41, 5.74) is 2.02. The maximum absolute atomic E-state index is 5.45. The zero-order valence-electron chi connectivity index (χ0n) is 13.2. The minimum absolute atomic E-state index is 0.270. The van der Waals surface area contributed by atoms with E-state index in [4.69, 9.17) is 28.9 Å². The second-order valence-electron chi connectivity index (χ2n) is 5.78. The minimum atomic E-state index is 0.270. The molecule has 0 saturated heterocycles. The van der Waals surface area contributed by atoms with Gasteiger partial charge in [-0.2, -0.15) is 0 Å². The Morgan fingerprint density at radius 2 is 1.08 bits per heavy atom. The van der Waals surface area contributed by atoms with Crippen LogP contribution in [-0.2, 0) is 0 Å². The van der Waals surface area contributed by atoms with Crippen molar-refractivity contribution in [2.45, 2.75) is 0 Å². The number of benzene rings is 2. The fraction of sp³-hybridized carbons (Fsp3) is 0.111. The van der Waals surface area contributed by atoms with E-state index in [0.29, 0.717) is 0 Å². The zero-order chi connectivity index (χ0) is 17.1. The van der Waals surface area contributed by atoms with Crippen LogP contribution in [0.5, 0.6) is 23.0 Å². The van der Waals surface area contributed by atoms with Gasteiger partial charge in [0.15, 0.2) is 32.7 Å². The van der Waals surface area contributed by atoms with E-state index in [1.54, 1.807) is 22.7 Å². The molecule has 128 valence electrons. The van der Waals surface area contributed by atoms with Crippen molar-refractivity contribution in [1.29, 1.82) is 0 Å². The van der Waals surface area contributed by atoms with Crippen LogP contribution in [0.2, 0.25) is 0 Å². The van der Waals surface area contributed by atoms with Gasteiger partial charge in [0.25, 0.3) is 0 Å². The van der Waals surface area contributed by atoms with Crippen LogP contribution in [-0.4, -0.2) is 23.6 Å². The quantitative estimate of drug-likeness (QED) is 0.507. The van der Waals surface area contributed by atoms with Gasteiger partial charge < -0.3 is 18.9 Å². The van der Waals surface area contributed by atoms with Gasteiger partial charge in [-0.25, -0.2) is 9.97 Å². The Morgan fingerprint density at radius 1 is 0.615 bits per heavy atom. The van der Waals surface area contributed by atoms with Crippen LogP contribution in [0.4, 0.5) is 0 Å². The normalized spacial score (nSPS) is 14.3. The van der Waals surface area contributed by atoms with Crippen molar-refractivity contribution < 1.29 is 18.9 Å². The van der Waals surface area contributed by atoms with Crippen LogP contribution in [0.3, 0.4) is 0 Å². The van der Waals surface area contributed by atoms with Gasteiger partial charge in [-0.3, -0.25) is 0 Å². The summed E-state index contributed by atoms with van der Waals surface area (Å²) in [5, 5.41) is 1.85. The maximum atomic E-state index is 5.45. The van der Waals surface area contributed by atoms with E-state index in [2.05, 4.69) is 0 Å². The van der Waals surface area contributed by atoms with E-state index in [-0.39, 0.29) is 13.6 Å². The Balaban J connectivity index is 1.38. The number of hydrogen-bond acceptors (Lipinski definition) is 8. The summed E-state index contributed by atoms with van der Waals surface area (Å²) in [6, 6.07) is 11.7. The largest absolute Gasteiger partial charge is 0.454 e. The molecule has 2 aromatic heterocycles. The lowest BCUT2D eigenvalue weighted by Gasteiger charge is -1.99. The van der Waals surface area contributed by atoms with E-state index in [9.17, 15) is 0 Å². The summed E-state index contributed by atoms with van der Waals surface area (Å²) in [5.74, 6) is 3.07. The fourth-order valence-electron chi connectivity index (χ4n) is 2.95. The molecule has 0 saturated carbocycles. The minimum Gasteiger partial charge on any atom is -0.454 e. The molecule has 2 aliphatic heterocycles. The first kappa shape index (κ1) is 14.3. The van der Waals surface area contributed by atoms with Crippen molar-refractivity contribution >= 4 is 32.3 Å². The second-order valence-corrected chi connectivity index (χ2v) is 7.74. The summed E-state index contributed by atoms with van der Waals surface area (Å²) < 4.78 is 21.6. The molecule has 0 aliphatic carbocycles. The van der Waals surface area contributed by atoms with Crippen molar-refractivity contribution in [2.24, 2.45) is 0 Å². The SMILES string of the molecule is c1cc2c(cc1-c1nc3sc(-c4ccc5c(c4)OCO5)nc3s1)OCO2. The Morgan fingerprint density at radius 3 is 1.58 bits per heavy atom. The highest BCUT2D eigenvalue weighted by Gasteiger charge is 2.19. The molecule has 4 aromatic rings. The molecule has 0 fully saturated rings. The molecule has 0 spiro atoms. The van der Waals surface area contributed by atoms with Gasteiger partial charge in [0, 0.05) is 11.1 Å². The number of aromatic nitrogens is 2. The van der Waals surface area contributed by atoms with Crippen molar-refractivity contribution in [3.8, 4) is 44.1 Å². The van der Waals surface area contributed by atoms with Gasteiger partial charge in [-0.15, -0.1) is 0 Å². The molecular formula is C18H10N2O4S2. The number of rotatable bonds is 2. The highest BCUT2D eigenvalue weighted by atomic mass is 32.1. The van der Waals surface area contributed by atoms with Gasteiger partial charge >= 0.3 is 0 Å². The average molecular weight is 382 g/mol. The van der Waals surface area contributed by atoms with Gasteiger partial charge in [-0.1, -0.05) is 22.7 Å². The van der Waals surface area contributed by atoms with E-state index < -0.39 is 0 Å². The predicted octanol–water partition coefficient (Wildman–Crippen LogP) is 4.54. The molecular weight excluding hydrogens is 372 g/mol. The predicted molar refractivity (Wildman–Crippen MR) is 98.4 cm³/mol. The number of nitrogens with zero attached hydrogens (tertiary/aromatic N) is 2. The molecule has 0 amide bonds. The summed E-state index contributed by atoms with van der Waals surface area (Å²) in [7, 11) is 0. The molecule has 26 heavy (non-hydrogen) atoms. The van der Waals surface area contributed by atoms with Crippen LogP contribution in [0.25, 0.3) is 30.8 Å². The molecule has 0 radical (unpaired) electrons. The Labute approximate surface area is 155 Å². The highest BCUT2D eigenvalue weighted by molar-refractivity contribution is 7.29. The van der Waals surface area contributed by atoms with Crippen LogP contribution in [0, 0.1) is 0 Å². The second kappa shape index (κ2) is 5.33. The van der Waals surface area contributed by atoms with Gasteiger partial charge in [-0.05, 0) is 36.4 Å². The molecule has 4 heterocycles. The molecule has 2 aliphatic rings. The van der Waals surface area contributed by atoms with Crippen LogP contribution in [0.1, 0.15) is 0 Å². The standard InChI is InChI=1S/C18H10N2O4S2/c1-3-11-13(23-7-21-11)5-9(1)15-19-17-18(25-15)20-16(26-17)10-2-4-12-14(6-10)24-8-22-12/h1-6H,7-8H2. The lowest BCUT2D eigenvalue weighted by molar-refractivity contribution is 0.173. The third kappa shape index (κ3) is 2.16. The maximum Gasteiger partial charge on any atom is 0.231 e. The number of thiazole rings is 2. The van der Waals surface area contributed by atoms with E-state index in [0.717, 1.165) is 53.8 Å². The topological polar surface area (TPSA) is 62.7 Å². The number of fused-ring (bicyclic) bond motifs is 3. The molecule has 0 bridgehead atoms. The van der Waals surface area contributed by atoms with Gasteiger partial charge in [0.2, 0.25) is 13.6 Å². The lowest BCUT2D eigenvalue weighted by atomic mass is 10.2. The Kier molecular flexibility index (Phi) is 2.94. The van der Waals surface area contributed by atoms with E-state index in [1.165, 1.54) is 0 Å². The van der Waals surface area contributed by atoms with Crippen LogP contribution in [0.15, 0.2) is 36.4 Å². The molecule has 6 nitrogen and oxygen atoms in total. The molecule has 0 N–H and O–H groups in total. The molecule has 6 rings (SSSR count). The summed E-state index contributed by atoms with van der Waals surface area (Å²) in [6.07, 6.45) is 0. The molecule has 8 heteroatoms. The van der Waals surface area contributed by atoms with Crippen molar-refractivity contribution in [3.05, 3.63) is 36.4 Å². The third-order valence-corrected chi connectivity index (χ3v) is 6.34. The first-order valence-corrected chi connectivity index (χ1v) is 9.54. The molecule has 0 unspecified atom stereocenters. The van der Waals surface area contributed by atoms with Crippen molar-refractivity contribution in [3.63, 3.8) is 0 Å². The number of hydrogen-bond donors (Lipinski definition) is 0. The Hall–Kier alpha value is -2.84. The van der Waals surface area contributed by atoms with Gasteiger partial charge in [0.1, 0.15) is 10.0 Å². The lowest BCUT2D eigenvalue weighted by Crippen LogP contribution is -1.92. The monoisotopic (exact) mass is 382 g/mol. The summed E-state index contributed by atoms with van der Waals surface area (Å²) >= 11 is 3.15. The molecule has 0 atom stereocenters. The first-order valence-electron chi connectivity index (χ1n) is 7.91. The van der Waals surface area contributed by atoms with Crippen molar-refractivity contribution in [2.75, 3.05) is 13.6 Å². The first-order chi connectivity index (χ1) is 12.8. The average Bonchev–Trinajstić information content (AvgIpc) is 3.41. The van der Waals surface area contributed by atoms with Crippen LogP contribution >= 0.6 is 22.7 Å².